The van der Waals surface area contributed by atoms with Crippen LogP contribution < -0.4 is 5.32 Å². The minimum atomic E-state index is 0.598. The minimum absolute atomic E-state index is 0.598. The van der Waals surface area contributed by atoms with Crippen molar-refractivity contribution in [3.63, 3.8) is 0 Å². The van der Waals surface area contributed by atoms with Gasteiger partial charge in [-0.15, -0.1) is 0 Å². The first kappa shape index (κ1) is 9.42. The second kappa shape index (κ2) is 3.93. The van der Waals surface area contributed by atoms with Crippen molar-refractivity contribution < 1.29 is 0 Å². The lowest BCUT2D eigenvalue weighted by Crippen LogP contribution is -2.06. The largest absolute Gasteiger partial charge is 0.354 e. The fourth-order valence-corrected chi connectivity index (χ4v) is 1.78. The van der Waals surface area contributed by atoms with Crippen molar-refractivity contribution in [1.82, 2.24) is 19.7 Å². The van der Waals surface area contributed by atoms with Gasteiger partial charge < -0.3 is 5.32 Å². The summed E-state index contributed by atoms with van der Waals surface area (Å²) in [7, 11) is 1.85. The maximum absolute atomic E-state index is 5.74. The molecule has 2 aromatic rings. The molecule has 0 aliphatic rings. The number of nitrogens with one attached hydrogen (secondary N) is 1. The smallest absolute Gasteiger partial charge is 0.184 e. The van der Waals surface area contributed by atoms with Gasteiger partial charge in [-0.3, -0.25) is 4.68 Å². The summed E-state index contributed by atoms with van der Waals surface area (Å²) in [4.78, 5) is 8.13. The molecule has 0 unspecified atom stereocenters. The van der Waals surface area contributed by atoms with E-state index in [9.17, 15) is 0 Å². The summed E-state index contributed by atoms with van der Waals surface area (Å²) >= 11 is 7.14. The first-order valence-electron chi connectivity index (χ1n) is 3.94. The molecule has 2 heterocycles. The fraction of sp³-hybridized carbons (Fsp3) is 0.286. The zero-order valence-corrected chi connectivity index (χ0v) is 9.01. The van der Waals surface area contributed by atoms with Crippen molar-refractivity contribution in [3.05, 3.63) is 22.7 Å². The molecule has 2 rings (SSSR count). The summed E-state index contributed by atoms with van der Waals surface area (Å²) < 4.78 is 2.38. The third-order valence-corrected chi connectivity index (χ3v) is 2.75. The normalized spacial score (nSPS) is 10.4. The van der Waals surface area contributed by atoms with Gasteiger partial charge in [0.2, 0.25) is 0 Å². The van der Waals surface area contributed by atoms with Crippen molar-refractivity contribution in [3.8, 4) is 0 Å². The quantitative estimate of drug-likeness (QED) is 0.868. The standard InChI is InChI=1S/C7H8ClN5S/c1-13-6(11-4-12-13)3-10-7-9-2-5(8)14-7/h2,4H,3H2,1H3,(H,9,10). The zero-order chi connectivity index (χ0) is 9.97. The van der Waals surface area contributed by atoms with Crippen LogP contribution in [0.5, 0.6) is 0 Å². The Hall–Kier alpha value is -1.14. The van der Waals surface area contributed by atoms with Crippen LogP contribution in [0.25, 0.3) is 0 Å². The Morgan fingerprint density at radius 2 is 2.43 bits per heavy atom. The Labute approximate surface area is 89.8 Å². The molecule has 14 heavy (non-hydrogen) atoms. The van der Waals surface area contributed by atoms with Gasteiger partial charge in [0, 0.05) is 7.05 Å². The number of thiazole rings is 1. The Morgan fingerprint density at radius 3 is 3.00 bits per heavy atom. The van der Waals surface area contributed by atoms with Gasteiger partial charge in [-0.2, -0.15) is 5.10 Å². The molecule has 0 amide bonds. The lowest BCUT2D eigenvalue weighted by atomic mass is 10.6. The highest BCUT2D eigenvalue weighted by Gasteiger charge is 2.02. The maximum atomic E-state index is 5.74. The van der Waals surface area contributed by atoms with Gasteiger partial charge in [0.05, 0.1) is 12.7 Å². The first-order chi connectivity index (χ1) is 6.75. The van der Waals surface area contributed by atoms with Crippen LogP contribution in [0.4, 0.5) is 5.13 Å². The third-order valence-electron chi connectivity index (χ3n) is 1.68. The van der Waals surface area contributed by atoms with Crippen molar-refractivity contribution in [2.75, 3.05) is 5.32 Å². The van der Waals surface area contributed by atoms with E-state index in [0.717, 1.165) is 11.0 Å². The van der Waals surface area contributed by atoms with E-state index < -0.39 is 0 Å². The Kier molecular flexibility index (Phi) is 2.64. The predicted octanol–water partition coefficient (Wildman–Crippen LogP) is 1.54. The van der Waals surface area contributed by atoms with Crippen LogP contribution in [0.15, 0.2) is 12.5 Å². The molecule has 0 radical (unpaired) electrons. The molecule has 74 valence electrons. The van der Waals surface area contributed by atoms with Crippen molar-refractivity contribution >= 4 is 28.1 Å². The van der Waals surface area contributed by atoms with Crippen molar-refractivity contribution in [2.24, 2.45) is 7.05 Å². The highest BCUT2D eigenvalue weighted by atomic mass is 35.5. The molecule has 0 fully saturated rings. The highest BCUT2D eigenvalue weighted by molar-refractivity contribution is 7.19. The van der Waals surface area contributed by atoms with Gasteiger partial charge in [-0.25, -0.2) is 9.97 Å². The lowest BCUT2D eigenvalue weighted by Gasteiger charge is -2.00. The summed E-state index contributed by atoms with van der Waals surface area (Å²) in [5.41, 5.74) is 0. The summed E-state index contributed by atoms with van der Waals surface area (Å²) in [5.74, 6) is 0.858. The van der Waals surface area contributed by atoms with E-state index in [1.807, 2.05) is 7.05 Å². The van der Waals surface area contributed by atoms with Gasteiger partial charge in [0.1, 0.15) is 16.5 Å². The van der Waals surface area contributed by atoms with Crippen LogP contribution in [0.1, 0.15) is 5.82 Å². The van der Waals surface area contributed by atoms with E-state index in [1.54, 1.807) is 10.9 Å². The molecular weight excluding hydrogens is 222 g/mol. The number of aromatic nitrogens is 4. The molecule has 0 saturated carbocycles. The van der Waals surface area contributed by atoms with Crippen molar-refractivity contribution in [2.45, 2.75) is 6.54 Å². The van der Waals surface area contributed by atoms with E-state index in [-0.39, 0.29) is 0 Å². The molecule has 0 spiro atoms. The molecule has 0 aliphatic carbocycles. The molecule has 1 N–H and O–H groups in total. The number of anilines is 1. The molecule has 0 aliphatic heterocycles. The Balaban J connectivity index is 1.98. The van der Waals surface area contributed by atoms with Crippen LogP contribution in [0, 0.1) is 0 Å². The molecule has 0 aromatic carbocycles. The zero-order valence-electron chi connectivity index (χ0n) is 7.44. The van der Waals surface area contributed by atoms with Crippen molar-refractivity contribution in [1.29, 1.82) is 0 Å². The number of rotatable bonds is 3. The number of hydrogen-bond donors (Lipinski definition) is 1. The van der Waals surface area contributed by atoms with E-state index in [4.69, 9.17) is 11.6 Å². The molecule has 0 bridgehead atoms. The predicted molar refractivity (Wildman–Crippen MR) is 55.5 cm³/mol. The summed E-state index contributed by atoms with van der Waals surface area (Å²) in [5, 5.41) is 7.85. The van der Waals surface area contributed by atoms with E-state index in [0.29, 0.717) is 10.9 Å². The number of hydrogen-bond acceptors (Lipinski definition) is 5. The summed E-state index contributed by atoms with van der Waals surface area (Å²) in [6, 6.07) is 0. The van der Waals surface area contributed by atoms with E-state index in [1.165, 1.54) is 17.7 Å². The highest BCUT2D eigenvalue weighted by Crippen LogP contribution is 2.22. The number of halogens is 1. The first-order valence-corrected chi connectivity index (χ1v) is 5.13. The average molecular weight is 230 g/mol. The molecule has 0 saturated heterocycles. The van der Waals surface area contributed by atoms with Gasteiger partial charge >= 0.3 is 0 Å². The summed E-state index contributed by atoms with van der Waals surface area (Å²) in [6.07, 6.45) is 3.14. The molecular formula is C7H8ClN5S. The van der Waals surface area contributed by atoms with Crippen LogP contribution in [-0.4, -0.2) is 19.7 Å². The Bertz CT molecular complexity index is 423. The van der Waals surface area contributed by atoms with E-state index in [2.05, 4.69) is 20.4 Å². The average Bonchev–Trinajstić information content (AvgIpc) is 2.72. The van der Waals surface area contributed by atoms with Gasteiger partial charge in [-0.05, 0) is 0 Å². The summed E-state index contributed by atoms with van der Waals surface area (Å²) in [6.45, 7) is 0.598. The van der Waals surface area contributed by atoms with E-state index >= 15 is 0 Å². The van der Waals surface area contributed by atoms with Gasteiger partial charge in [0.15, 0.2) is 5.13 Å². The van der Waals surface area contributed by atoms with Crippen LogP contribution in [-0.2, 0) is 13.6 Å². The monoisotopic (exact) mass is 229 g/mol. The maximum Gasteiger partial charge on any atom is 0.184 e. The lowest BCUT2D eigenvalue weighted by molar-refractivity contribution is 0.712. The molecule has 7 heteroatoms. The molecule has 2 aromatic heterocycles. The topological polar surface area (TPSA) is 55.6 Å². The number of aryl methyl sites for hydroxylation is 1. The van der Waals surface area contributed by atoms with Crippen LogP contribution in [0.2, 0.25) is 4.34 Å². The molecule has 0 atom stereocenters. The van der Waals surface area contributed by atoms with Crippen LogP contribution in [0.3, 0.4) is 0 Å². The second-order valence-electron chi connectivity index (χ2n) is 2.62. The second-order valence-corrected chi connectivity index (χ2v) is 4.28. The third kappa shape index (κ3) is 2.02. The fourth-order valence-electron chi connectivity index (χ4n) is 0.971. The van der Waals surface area contributed by atoms with Gasteiger partial charge in [-0.1, -0.05) is 22.9 Å². The SMILES string of the molecule is Cn1ncnc1CNc1ncc(Cl)s1. The van der Waals surface area contributed by atoms with Crippen LogP contribution >= 0.6 is 22.9 Å². The molecule has 5 nitrogen and oxygen atoms in total. The van der Waals surface area contributed by atoms with Gasteiger partial charge in [0.25, 0.3) is 0 Å². The Morgan fingerprint density at radius 1 is 1.57 bits per heavy atom. The number of nitrogens with zero attached hydrogens (tertiary/aromatic N) is 4. The minimum Gasteiger partial charge on any atom is -0.354 e.